The van der Waals surface area contributed by atoms with Crippen molar-refractivity contribution in [3.8, 4) is 11.1 Å². The Balaban J connectivity index is 1.67. The van der Waals surface area contributed by atoms with E-state index in [2.05, 4.69) is 11.4 Å². The second kappa shape index (κ2) is 12.7. The van der Waals surface area contributed by atoms with Crippen LogP contribution in [-0.2, 0) is 15.1 Å². The van der Waals surface area contributed by atoms with E-state index >= 15 is 0 Å². The molecule has 0 radical (unpaired) electrons. The predicted octanol–water partition coefficient (Wildman–Crippen LogP) is 3.98. The van der Waals surface area contributed by atoms with Gasteiger partial charge in [-0.15, -0.1) is 0 Å². The zero-order chi connectivity index (χ0) is 28.2. The number of ether oxygens (including phenoxy) is 1. The van der Waals surface area contributed by atoms with Crippen LogP contribution in [-0.4, -0.2) is 66.0 Å². The molecule has 212 valence electrons. The first-order valence-electron chi connectivity index (χ1n) is 13.8. The molecule has 2 aromatic carbocycles. The van der Waals surface area contributed by atoms with E-state index in [0.29, 0.717) is 50.3 Å². The Morgan fingerprint density at radius 3 is 2.69 bits per heavy atom. The fourth-order valence-electron chi connectivity index (χ4n) is 6.23. The molecule has 2 aromatic rings. The maximum Gasteiger partial charge on any atom is 0.406 e. The van der Waals surface area contributed by atoms with Crippen LogP contribution in [0.2, 0.25) is 5.02 Å². The number of benzene rings is 2. The molecule has 1 heterocycles. The van der Waals surface area contributed by atoms with E-state index in [9.17, 15) is 19.8 Å². The highest BCUT2D eigenvalue weighted by Gasteiger charge is 2.44. The van der Waals surface area contributed by atoms with Crippen LogP contribution in [0.25, 0.3) is 11.1 Å². The molecule has 9 heteroatoms. The van der Waals surface area contributed by atoms with Crippen LogP contribution in [0.4, 0.5) is 4.79 Å². The lowest BCUT2D eigenvalue weighted by Gasteiger charge is -2.44. The molecule has 8 nitrogen and oxygen atoms in total. The van der Waals surface area contributed by atoms with Gasteiger partial charge in [-0.25, -0.2) is 4.79 Å². The molecule has 0 unspecified atom stereocenters. The quantitative estimate of drug-likeness (QED) is 0.364. The molecule has 4 rings (SSSR count). The number of carbonyl (C=O) groups excluding carboxylic acids is 2. The minimum atomic E-state index is -1.31. The number of rotatable bonds is 8. The normalized spacial score (nSPS) is 24.7. The summed E-state index contributed by atoms with van der Waals surface area (Å²) >= 11 is 6.79. The molecule has 5 N–H and O–H groups in total. The van der Waals surface area contributed by atoms with Crippen molar-refractivity contribution in [1.29, 1.82) is 0 Å². The van der Waals surface area contributed by atoms with E-state index in [1.807, 2.05) is 48.2 Å². The summed E-state index contributed by atoms with van der Waals surface area (Å²) in [5.74, 6) is -0.568. The first-order valence-corrected chi connectivity index (χ1v) is 14.1. The van der Waals surface area contributed by atoms with Crippen LogP contribution in [0.3, 0.4) is 0 Å². The minimum absolute atomic E-state index is 0.00795. The van der Waals surface area contributed by atoms with Crippen molar-refractivity contribution in [2.75, 3.05) is 26.7 Å². The number of carbonyl (C=O) groups is 2. The lowest BCUT2D eigenvalue weighted by molar-refractivity contribution is -0.141. The van der Waals surface area contributed by atoms with Gasteiger partial charge in [0.25, 0.3) is 0 Å². The van der Waals surface area contributed by atoms with Gasteiger partial charge in [0, 0.05) is 48.1 Å². The Labute approximate surface area is 235 Å². The van der Waals surface area contributed by atoms with Gasteiger partial charge in [-0.2, -0.15) is 0 Å². The fraction of sp³-hybridized carbons (Fsp3) is 0.533. The average molecular weight is 558 g/mol. The number of hydrogen-bond donors (Lipinski definition) is 4. The van der Waals surface area contributed by atoms with Gasteiger partial charge >= 0.3 is 6.09 Å². The Morgan fingerprint density at radius 1 is 1.23 bits per heavy atom. The smallest absolute Gasteiger partial charge is 0.406 e. The molecule has 0 spiro atoms. The van der Waals surface area contributed by atoms with Crippen molar-refractivity contribution in [3.63, 3.8) is 0 Å². The monoisotopic (exact) mass is 557 g/mol. The SMILES string of the molecule is COC(=O)NCCC[C@@](O)(c1cccc(Cl)c1-c1cccc(C)c1)[C@@H]1CCCN(C(=O)[C@H]2C[C@@H](N)[C@@H](O)C2)C1. The molecule has 1 aliphatic carbocycles. The van der Waals surface area contributed by atoms with Crippen molar-refractivity contribution in [2.45, 2.75) is 63.2 Å². The van der Waals surface area contributed by atoms with E-state index in [1.54, 1.807) is 0 Å². The molecule has 2 fully saturated rings. The van der Waals surface area contributed by atoms with Gasteiger partial charge in [0.2, 0.25) is 5.91 Å². The highest BCUT2D eigenvalue weighted by Crippen LogP contribution is 2.46. The Kier molecular flexibility index (Phi) is 9.54. The number of amides is 2. The largest absolute Gasteiger partial charge is 0.453 e. The number of alkyl carbamates (subject to hydrolysis) is 1. The fourth-order valence-corrected chi connectivity index (χ4v) is 6.52. The van der Waals surface area contributed by atoms with Gasteiger partial charge in [-0.3, -0.25) is 4.79 Å². The van der Waals surface area contributed by atoms with Crippen LogP contribution in [0, 0.1) is 18.8 Å². The number of methoxy groups -OCH3 is 1. The Bertz CT molecular complexity index is 1170. The molecular formula is C30H40ClN3O5. The Hall–Kier alpha value is -2.65. The summed E-state index contributed by atoms with van der Waals surface area (Å²) in [6.45, 7) is 3.35. The van der Waals surface area contributed by atoms with Crippen LogP contribution in [0.1, 0.15) is 49.7 Å². The summed E-state index contributed by atoms with van der Waals surface area (Å²) in [6.07, 6.45) is 2.00. The number of hydrogen-bond acceptors (Lipinski definition) is 6. The zero-order valence-corrected chi connectivity index (χ0v) is 23.5. The molecule has 5 atom stereocenters. The number of likely N-dealkylation sites (tertiary alicyclic amines) is 1. The summed E-state index contributed by atoms with van der Waals surface area (Å²) in [7, 11) is 1.32. The summed E-state index contributed by atoms with van der Waals surface area (Å²) in [4.78, 5) is 26.9. The van der Waals surface area contributed by atoms with Gasteiger partial charge in [-0.05, 0) is 62.6 Å². The topological polar surface area (TPSA) is 125 Å². The number of piperidine rings is 1. The van der Waals surface area contributed by atoms with Crippen molar-refractivity contribution < 1.29 is 24.5 Å². The summed E-state index contributed by atoms with van der Waals surface area (Å²) < 4.78 is 4.69. The number of nitrogens with one attached hydrogen (secondary N) is 1. The third-order valence-corrected chi connectivity index (χ3v) is 8.63. The summed E-state index contributed by atoms with van der Waals surface area (Å²) in [5.41, 5.74) is 8.17. The maximum atomic E-state index is 13.4. The molecule has 39 heavy (non-hydrogen) atoms. The molecule has 2 amide bonds. The number of nitrogens with two attached hydrogens (primary N) is 1. The van der Waals surface area contributed by atoms with Gasteiger partial charge in [0.05, 0.1) is 18.8 Å². The molecule has 1 saturated heterocycles. The first-order chi connectivity index (χ1) is 18.6. The molecule has 0 aromatic heterocycles. The lowest BCUT2D eigenvalue weighted by Crippen LogP contribution is -2.49. The van der Waals surface area contributed by atoms with Crippen molar-refractivity contribution in [2.24, 2.45) is 17.6 Å². The second-order valence-electron chi connectivity index (χ2n) is 11.0. The van der Waals surface area contributed by atoms with Gasteiger partial charge in [0.15, 0.2) is 0 Å². The van der Waals surface area contributed by atoms with E-state index in [-0.39, 0.29) is 23.8 Å². The third kappa shape index (κ3) is 6.57. The molecule has 0 bridgehead atoms. The molecule has 1 aliphatic heterocycles. The van der Waals surface area contributed by atoms with Crippen LogP contribution in [0.15, 0.2) is 42.5 Å². The molecule has 2 aliphatic rings. The number of aryl methyl sites for hydroxylation is 1. The second-order valence-corrected chi connectivity index (χ2v) is 11.4. The molecular weight excluding hydrogens is 518 g/mol. The lowest BCUT2D eigenvalue weighted by atomic mass is 9.72. The standard InChI is InChI=1S/C30H40ClN3O5/c1-19-7-3-8-20(15-19)27-23(10-4-11-24(27)31)30(38,12-6-13-33-29(37)39-2)22-9-5-14-34(18-22)28(36)21-16-25(32)26(35)17-21/h3-4,7-8,10-11,15,21-22,25-26,35,38H,5-6,9,12-14,16-18,32H2,1-2H3,(H,33,37)/t21-,22+,25+,26-,30-/m0/s1. The predicted molar refractivity (Wildman–Crippen MR) is 151 cm³/mol. The van der Waals surface area contributed by atoms with Crippen molar-refractivity contribution in [1.82, 2.24) is 10.2 Å². The third-order valence-electron chi connectivity index (χ3n) is 8.31. The van der Waals surface area contributed by atoms with Crippen molar-refractivity contribution >= 4 is 23.6 Å². The zero-order valence-electron chi connectivity index (χ0n) is 22.7. The average Bonchev–Trinajstić information content (AvgIpc) is 3.28. The summed E-state index contributed by atoms with van der Waals surface area (Å²) in [6, 6.07) is 13.2. The molecule has 1 saturated carbocycles. The number of halogens is 1. The van der Waals surface area contributed by atoms with E-state index in [0.717, 1.165) is 35.1 Å². The van der Waals surface area contributed by atoms with E-state index in [4.69, 9.17) is 22.1 Å². The van der Waals surface area contributed by atoms with Gasteiger partial charge in [0.1, 0.15) is 0 Å². The Morgan fingerprint density at radius 2 is 2.00 bits per heavy atom. The minimum Gasteiger partial charge on any atom is -0.453 e. The maximum absolute atomic E-state index is 13.4. The van der Waals surface area contributed by atoms with E-state index < -0.39 is 17.8 Å². The summed E-state index contributed by atoms with van der Waals surface area (Å²) in [5, 5.41) is 26.0. The van der Waals surface area contributed by atoms with Crippen LogP contribution >= 0.6 is 11.6 Å². The first kappa shape index (κ1) is 29.3. The highest BCUT2D eigenvalue weighted by atomic mass is 35.5. The van der Waals surface area contributed by atoms with Gasteiger partial charge in [-0.1, -0.05) is 53.6 Å². The van der Waals surface area contributed by atoms with Gasteiger partial charge < -0.3 is 30.9 Å². The van der Waals surface area contributed by atoms with Crippen LogP contribution in [0.5, 0.6) is 0 Å². The van der Waals surface area contributed by atoms with E-state index in [1.165, 1.54) is 7.11 Å². The highest BCUT2D eigenvalue weighted by molar-refractivity contribution is 6.33. The van der Waals surface area contributed by atoms with Crippen LogP contribution < -0.4 is 11.1 Å². The number of aliphatic hydroxyl groups is 2. The number of aliphatic hydroxyl groups excluding tert-OH is 1. The number of nitrogens with zero attached hydrogens (tertiary/aromatic N) is 1. The van der Waals surface area contributed by atoms with Crippen molar-refractivity contribution in [3.05, 3.63) is 58.6 Å².